The first-order chi connectivity index (χ1) is 8.66. The van der Waals surface area contributed by atoms with E-state index in [2.05, 4.69) is 49.9 Å². The van der Waals surface area contributed by atoms with E-state index >= 15 is 0 Å². The van der Waals surface area contributed by atoms with Gasteiger partial charge in [-0.25, -0.2) is 0 Å². The van der Waals surface area contributed by atoms with Gasteiger partial charge in [-0.3, -0.25) is 4.90 Å². The van der Waals surface area contributed by atoms with Crippen molar-refractivity contribution >= 4 is 0 Å². The summed E-state index contributed by atoms with van der Waals surface area (Å²) < 4.78 is 5.41. The van der Waals surface area contributed by atoms with Crippen molar-refractivity contribution in [2.75, 3.05) is 26.3 Å². The molecule has 1 atom stereocenters. The fraction of sp³-hybridized carbons (Fsp3) is 0.625. The van der Waals surface area contributed by atoms with Crippen molar-refractivity contribution < 1.29 is 4.74 Å². The topological polar surface area (TPSA) is 12.5 Å². The van der Waals surface area contributed by atoms with Crippen LogP contribution < -0.4 is 0 Å². The van der Waals surface area contributed by atoms with Gasteiger partial charge < -0.3 is 4.74 Å². The summed E-state index contributed by atoms with van der Waals surface area (Å²) in [6.07, 6.45) is 1.14. The van der Waals surface area contributed by atoms with Gasteiger partial charge in [-0.2, -0.15) is 0 Å². The lowest BCUT2D eigenvalue weighted by Crippen LogP contribution is -2.43. The van der Waals surface area contributed by atoms with E-state index < -0.39 is 0 Å². The SMILES string of the molecule is CC(C)c1cccc(CC(C)N2CCOCC2)c1. The van der Waals surface area contributed by atoms with E-state index in [1.807, 2.05) is 0 Å². The van der Waals surface area contributed by atoms with Gasteiger partial charge in [0, 0.05) is 19.1 Å². The molecule has 1 fully saturated rings. The average Bonchev–Trinajstić information content (AvgIpc) is 2.40. The van der Waals surface area contributed by atoms with Crippen LogP contribution in [-0.2, 0) is 11.2 Å². The van der Waals surface area contributed by atoms with Crippen molar-refractivity contribution in [1.82, 2.24) is 4.90 Å². The van der Waals surface area contributed by atoms with Crippen LogP contribution in [0, 0.1) is 0 Å². The summed E-state index contributed by atoms with van der Waals surface area (Å²) in [5, 5.41) is 0. The Balaban J connectivity index is 1.97. The van der Waals surface area contributed by atoms with Crippen molar-refractivity contribution in [2.45, 2.75) is 39.2 Å². The Labute approximate surface area is 111 Å². The summed E-state index contributed by atoms with van der Waals surface area (Å²) in [5.74, 6) is 0.614. The van der Waals surface area contributed by atoms with Crippen LogP contribution in [0.2, 0.25) is 0 Å². The highest BCUT2D eigenvalue weighted by molar-refractivity contribution is 5.26. The normalized spacial score (nSPS) is 19.1. The zero-order valence-corrected chi connectivity index (χ0v) is 11.9. The summed E-state index contributed by atoms with van der Waals surface area (Å²) in [4.78, 5) is 2.53. The van der Waals surface area contributed by atoms with E-state index in [9.17, 15) is 0 Å². The molecule has 2 rings (SSSR count). The minimum Gasteiger partial charge on any atom is -0.379 e. The van der Waals surface area contributed by atoms with E-state index in [0.29, 0.717) is 12.0 Å². The highest BCUT2D eigenvalue weighted by Crippen LogP contribution is 2.18. The maximum absolute atomic E-state index is 5.41. The van der Waals surface area contributed by atoms with Gasteiger partial charge in [0.1, 0.15) is 0 Å². The standard InChI is InChI=1S/C16H25NO/c1-13(2)16-6-4-5-15(12-16)11-14(3)17-7-9-18-10-8-17/h4-6,12-14H,7-11H2,1-3H3. The van der Waals surface area contributed by atoms with Gasteiger partial charge in [-0.15, -0.1) is 0 Å². The van der Waals surface area contributed by atoms with Gasteiger partial charge in [0.25, 0.3) is 0 Å². The summed E-state index contributed by atoms with van der Waals surface area (Å²) >= 11 is 0. The molecule has 1 aromatic carbocycles. The molecule has 0 bridgehead atoms. The average molecular weight is 247 g/mol. The summed E-state index contributed by atoms with van der Waals surface area (Å²) in [6, 6.07) is 9.64. The third-order valence-electron chi connectivity index (χ3n) is 3.82. The second-order valence-corrected chi connectivity index (χ2v) is 5.60. The maximum atomic E-state index is 5.41. The minimum atomic E-state index is 0.608. The first-order valence-electron chi connectivity index (χ1n) is 7.07. The molecule has 1 heterocycles. The van der Waals surface area contributed by atoms with Crippen LogP contribution >= 0.6 is 0 Å². The molecule has 1 aliphatic rings. The third-order valence-corrected chi connectivity index (χ3v) is 3.82. The van der Waals surface area contributed by atoms with E-state index in [1.54, 1.807) is 0 Å². The van der Waals surface area contributed by atoms with Gasteiger partial charge in [0.05, 0.1) is 13.2 Å². The van der Waals surface area contributed by atoms with Crippen LogP contribution in [0.4, 0.5) is 0 Å². The molecule has 1 aliphatic heterocycles. The number of benzene rings is 1. The van der Waals surface area contributed by atoms with Crippen LogP contribution in [0.5, 0.6) is 0 Å². The Morgan fingerprint density at radius 1 is 1.17 bits per heavy atom. The zero-order valence-electron chi connectivity index (χ0n) is 11.9. The summed E-state index contributed by atoms with van der Waals surface area (Å²) in [6.45, 7) is 10.8. The number of ether oxygens (including phenoxy) is 1. The molecule has 1 unspecified atom stereocenters. The number of hydrogen-bond donors (Lipinski definition) is 0. The second kappa shape index (κ2) is 6.35. The molecule has 0 saturated carbocycles. The Kier molecular flexibility index (Phi) is 4.79. The van der Waals surface area contributed by atoms with E-state index in [1.165, 1.54) is 11.1 Å². The van der Waals surface area contributed by atoms with Crippen LogP contribution in [0.3, 0.4) is 0 Å². The lowest BCUT2D eigenvalue weighted by atomic mass is 9.98. The van der Waals surface area contributed by atoms with Crippen molar-refractivity contribution in [3.05, 3.63) is 35.4 Å². The number of nitrogens with zero attached hydrogens (tertiary/aromatic N) is 1. The van der Waals surface area contributed by atoms with Gasteiger partial charge in [0.2, 0.25) is 0 Å². The summed E-state index contributed by atoms with van der Waals surface area (Å²) in [5.41, 5.74) is 2.90. The Morgan fingerprint density at radius 2 is 1.89 bits per heavy atom. The number of rotatable bonds is 4. The predicted molar refractivity (Wildman–Crippen MR) is 76.1 cm³/mol. The highest BCUT2D eigenvalue weighted by Gasteiger charge is 2.17. The van der Waals surface area contributed by atoms with Gasteiger partial charge in [0.15, 0.2) is 0 Å². The number of hydrogen-bond acceptors (Lipinski definition) is 2. The Bertz CT molecular complexity index is 369. The van der Waals surface area contributed by atoms with E-state index in [0.717, 1.165) is 32.7 Å². The molecule has 2 nitrogen and oxygen atoms in total. The molecule has 0 aliphatic carbocycles. The molecular formula is C16H25NO. The Hall–Kier alpha value is -0.860. The highest BCUT2D eigenvalue weighted by atomic mass is 16.5. The van der Waals surface area contributed by atoms with Crippen LogP contribution in [0.1, 0.15) is 37.8 Å². The quantitative estimate of drug-likeness (QED) is 0.810. The van der Waals surface area contributed by atoms with Gasteiger partial charge in [-0.1, -0.05) is 38.1 Å². The van der Waals surface area contributed by atoms with Crippen molar-refractivity contribution in [1.29, 1.82) is 0 Å². The molecule has 1 saturated heterocycles. The maximum Gasteiger partial charge on any atom is 0.0594 e. The molecule has 18 heavy (non-hydrogen) atoms. The van der Waals surface area contributed by atoms with Crippen LogP contribution in [0.15, 0.2) is 24.3 Å². The van der Waals surface area contributed by atoms with E-state index in [4.69, 9.17) is 4.74 Å². The monoisotopic (exact) mass is 247 g/mol. The molecule has 0 N–H and O–H groups in total. The zero-order chi connectivity index (χ0) is 13.0. The van der Waals surface area contributed by atoms with Crippen molar-refractivity contribution in [3.8, 4) is 0 Å². The van der Waals surface area contributed by atoms with E-state index in [-0.39, 0.29) is 0 Å². The molecule has 2 heteroatoms. The predicted octanol–water partition coefficient (Wildman–Crippen LogP) is 3.07. The van der Waals surface area contributed by atoms with Gasteiger partial charge >= 0.3 is 0 Å². The van der Waals surface area contributed by atoms with Crippen molar-refractivity contribution in [3.63, 3.8) is 0 Å². The van der Waals surface area contributed by atoms with Crippen LogP contribution in [-0.4, -0.2) is 37.2 Å². The smallest absolute Gasteiger partial charge is 0.0594 e. The second-order valence-electron chi connectivity index (χ2n) is 5.60. The molecule has 0 amide bonds. The van der Waals surface area contributed by atoms with Crippen LogP contribution in [0.25, 0.3) is 0 Å². The number of morpholine rings is 1. The van der Waals surface area contributed by atoms with Gasteiger partial charge in [-0.05, 0) is 30.4 Å². The largest absolute Gasteiger partial charge is 0.379 e. The fourth-order valence-corrected chi connectivity index (χ4v) is 2.57. The molecule has 0 spiro atoms. The van der Waals surface area contributed by atoms with Crippen molar-refractivity contribution in [2.24, 2.45) is 0 Å². The molecule has 100 valence electrons. The fourth-order valence-electron chi connectivity index (χ4n) is 2.57. The third kappa shape index (κ3) is 3.56. The molecule has 0 radical (unpaired) electrons. The lowest BCUT2D eigenvalue weighted by molar-refractivity contribution is 0.0203. The Morgan fingerprint density at radius 3 is 2.56 bits per heavy atom. The molecule has 0 aromatic heterocycles. The summed E-state index contributed by atoms with van der Waals surface area (Å²) in [7, 11) is 0. The first kappa shape index (κ1) is 13.6. The first-order valence-corrected chi connectivity index (χ1v) is 7.07. The minimum absolute atomic E-state index is 0.608. The molecular weight excluding hydrogens is 222 g/mol. The molecule has 1 aromatic rings. The lowest BCUT2D eigenvalue weighted by Gasteiger charge is -2.32.